The molecule has 0 saturated heterocycles. The Bertz CT molecular complexity index is 3660. The van der Waals surface area contributed by atoms with Crippen molar-refractivity contribution in [1.82, 2.24) is 8.80 Å². The van der Waals surface area contributed by atoms with E-state index in [4.69, 9.17) is 0 Å². The van der Waals surface area contributed by atoms with Crippen molar-refractivity contribution in [3.63, 3.8) is 0 Å². The highest BCUT2D eigenvalue weighted by Crippen LogP contribution is 2.53. The summed E-state index contributed by atoms with van der Waals surface area (Å²) in [5.41, 5.74) is 18.4. The van der Waals surface area contributed by atoms with Gasteiger partial charge in [0.25, 0.3) is 0 Å². The van der Waals surface area contributed by atoms with Crippen molar-refractivity contribution < 1.29 is 0 Å². The summed E-state index contributed by atoms with van der Waals surface area (Å²) in [6.07, 6.45) is 0. The van der Waals surface area contributed by atoms with Crippen LogP contribution in [0.1, 0.15) is 25.0 Å². The maximum Gasteiger partial charge on any atom is 0.0947 e. The van der Waals surface area contributed by atoms with Gasteiger partial charge < -0.3 is 13.7 Å². The van der Waals surface area contributed by atoms with E-state index in [1.54, 1.807) is 0 Å². The zero-order chi connectivity index (χ0) is 38.3. The van der Waals surface area contributed by atoms with Gasteiger partial charge in [-0.15, -0.1) is 0 Å². The Morgan fingerprint density at radius 3 is 1.72 bits per heavy atom. The van der Waals surface area contributed by atoms with Crippen LogP contribution in [0.5, 0.6) is 0 Å². The molecule has 13 rings (SSSR count). The molecule has 0 bridgehead atoms. The first-order valence-corrected chi connectivity index (χ1v) is 20.3. The third kappa shape index (κ3) is 4.02. The highest BCUT2D eigenvalue weighted by Gasteiger charge is 2.36. The second-order valence-corrected chi connectivity index (χ2v) is 16.5. The molecule has 1 aliphatic rings. The van der Waals surface area contributed by atoms with Crippen LogP contribution in [0.15, 0.2) is 188 Å². The number of nitrogens with zero attached hydrogens (tertiary/aromatic N) is 3. The van der Waals surface area contributed by atoms with Crippen LogP contribution >= 0.6 is 0 Å². The van der Waals surface area contributed by atoms with Crippen LogP contribution in [-0.4, -0.2) is 8.80 Å². The van der Waals surface area contributed by atoms with E-state index in [0.29, 0.717) is 0 Å². The molecule has 1 aliphatic carbocycles. The van der Waals surface area contributed by atoms with E-state index in [1.165, 1.54) is 98.8 Å². The van der Waals surface area contributed by atoms with E-state index in [1.807, 2.05) is 0 Å². The maximum absolute atomic E-state index is 2.57. The number of hydrogen-bond donors (Lipinski definition) is 0. The Hall–Kier alpha value is -7.36. The molecule has 0 fully saturated rings. The topological polar surface area (TPSA) is 12.1 Å². The van der Waals surface area contributed by atoms with Crippen molar-refractivity contribution >= 4 is 82.5 Å². The molecule has 58 heavy (non-hydrogen) atoms. The molecule has 3 heterocycles. The molecule has 3 heteroatoms. The van der Waals surface area contributed by atoms with Crippen LogP contribution in [-0.2, 0) is 5.41 Å². The van der Waals surface area contributed by atoms with Gasteiger partial charge in [-0.1, -0.05) is 159 Å². The molecule has 3 nitrogen and oxygen atoms in total. The number of aromatic nitrogens is 2. The minimum Gasteiger partial charge on any atom is -0.308 e. The highest BCUT2D eigenvalue weighted by atomic mass is 15.2. The zero-order valence-corrected chi connectivity index (χ0v) is 32.2. The molecule has 0 unspecified atom stereocenters. The number of rotatable bonds is 4. The minimum atomic E-state index is -0.152. The Labute approximate surface area is 335 Å². The first-order valence-electron chi connectivity index (χ1n) is 20.3. The number of para-hydroxylation sites is 3. The first kappa shape index (κ1) is 31.8. The fraction of sp³-hybridized carbons (Fsp3) is 0.0545. The second kappa shape index (κ2) is 11.4. The smallest absolute Gasteiger partial charge is 0.0947 e. The molecule has 0 amide bonds. The molecule has 0 spiro atoms. The SMILES string of the molecule is CC1(C)c2ccccc2-c2ccc(N(c3ccc(-c4ccccc4)c4ccccc34)c3cccc4c3n3c5ccccc5c5ccc6c7ccccc7n4c6c53)cc21. The zero-order valence-electron chi connectivity index (χ0n) is 32.2. The lowest BCUT2D eigenvalue weighted by molar-refractivity contribution is 0.660. The fourth-order valence-electron chi connectivity index (χ4n) is 10.7. The molecule has 0 aliphatic heterocycles. The molecular weight excluding hydrogens is 703 g/mol. The van der Waals surface area contributed by atoms with Crippen LogP contribution in [0.4, 0.5) is 17.1 Å². The molecule has 3 aromatic heterocycles. The fourth-order valence-corrected chi connectivity index (χ4v) is 10.7. The van der Waals surface area contributed by atoms with Gasteiger partial charge >= 0.3 is 0 Å². The van der Waals surface area contributed by atoms with Gasteiger partial charge in [0.05, 0.1) is 44.5 Å². The van der Waals surface area contributed by atoms with E-state index < -0.39 is 0 Å². The Morgan fingerprint density at radius 1 is 0.362 bits per heavy atom. The lowest BCUT2D eigenvalue weighted by atomic mass is 9.82. The van der Waals surface area contributed by atoms with E-state index in [9.17, 15) is 0 Å². The molecule has 0 N–H and O–H groups in total. The molecule has 9 aromatic carbocycles. The summed E-state index contributed by atoms with van der Waals surface area (Å²) in [6, 6.07) is 69.9. The lowest BCUT2D eigenvalue weighted by Gasteiger charge is -2.30. The lowest BCUT2D eigenvalue weighted by Crippen LogP contribution is -2.17. The van der Waals surface area contributed by atoms with Gasteiger partial charge in [0.1, 0.15) is 0 Å². The number of benzene rings is 9. The largest absolute Gasteiger partial charge is 0.308 e. The molecule has 0 radical (unpaired) electrons. The van der Waals surface area contributed by atoms with Crippen molar-refractivity contribution in [3.8, 4) is 22.3 Å². The summed E-state index contributed by atoms with van der Waals surface area (Å²) in [5, 5.41) is 7.52. The van der Waals surface area contributed by atoms with E-state index >= 15 is 0 Å². The molecule has 0 atom stereocenters. The minimum absolute atomic E-state index is 0.152. The normalized spacial score (nSPS) is 13.5. The summed E-state index contributed by atoms with van der Waals surface area (Å²) in [7, 11) is 0. The van der Waals surface area contributed by atoms with E-state index in [-0.39, 0.29) is 5.41 Å². The van der Waals surface area contributed by atoms with Crippen molar-refractivity contribution in [3.05, 3.63) is 199 Å². The third-order valence-electron chi connectivity index (χ3n) is 13.2. The van der Waals surface area contributed by atoms with Crippen LogP contribution in [0.2, 0.25) is 0 Å². The van der Waals surface area contributed by atoms with Crippen molar-refractivity contribution in [2.75, 3.05) is 4.90 Å². The van der Waals surface area contributed by atoms with E-state index in [2.05, 4.69) is 216 Å². The Kier molecular flexibility index (Phi) is 6.23. The molecular formula is C55H37N3. The molecule has 12 aromatic rings. The van der Waals surface area contributed by atoms with Gasteiger partial charge in [0.15, 0.2) is 0 Å². The second-order valence-electron chi connectivity index (χ2n) is 16.5. The van der Waals surface area contributed by atoms with Gasteiger partial charge in [-0.25, -0.2) is 0 Å². The van der Waals surface area contributed by atoms with Crippen LogP contribution in [0.3, 0.4) is 0 Å². The van der Waals surface area contributed by atoms with Gasteiger partial charge in [-0.3, -0.25) is 0 Å². The number of fused-ring (bicyclic) bond motifs is 13. The average molecular weight is 740 g/mol. The van der Waals surface area contributed by atoms with Crippen molar-refractivity contribution in [2.45, 2.75) is 19.3 Å². The summed E-state index contributed by atoms with van der Waals surface area (Å²) in [5.74, 6) is 0. The van der Waals surface area contributed by atoms with Crippen LogP contribution < -0.4 is 4.90 Å². The number of anilines is 3. The van der Waals surface area contributed by atoms with Crippen LogP contribution in [0, 0.1) is 0 Å². The third-order valence-corrected chi connectivity index (χ3v) is 13.2. The maximum atomic E-state index is 2.57. The van der Waals surface area contributed by atoms with Gasteiger partial charge in [0, 0.05) is 38.0 Å². The molecule has 272 valence electrons. The monoisotopic (exact) mass is 739 g/mol. The number of hydrogen-bond acceptors (Lipinski definition) is 1. The standard InChI is InChI=1S/C55H37N3/c1-55(2)45-22-11-8-18-38(45)39-28-27-35(33-46(39)55)56(49-32-31-36(34-15-4-3-5-16-34)37-17-6-7-19-40(37)49)50-25-14-26-51-54(50)58-48-24-13-10-21-42(48)44-30-29-43-41-20-9-12-23-47(41)57(51)52(43)53(44)58/h3-33H,1-2H3. The first-order chi connectivity index (χ1) is 28.6. The average Bonchev–Trinajstić information content (AvgIpc) is 3.87. The summed E-state index contributed by atoms with van der Waals surface area (Å²) >= 11 is 0. The van der Waals surface area contributed by atoms with Gasteiger partial charge in [-0.2, -0.15) is 0 Å². The van der Waals surface area contributed by atoms with E-state index in [0.717, 1.165) is 17.1 Å². The van der Waals surface area contributed by atoms with Crippen LogP contribution in [0.25, 0.3) is 87.7 Å². The van der Waals surface area contributed by atoms with Gasteiger partial charge in [0.2, 0.25) is 0 Å². The summed E-state index contributed by atoms with van der Waals surface area (Å²) in [6.45, 7) is 4.75. The quantitative estimate of drug-likeness (QED) is 0.164. The van der Waals surface area contributed by atoms with Crippen molar-refractivity contribution in [2.24, 2.45) is 0 Å². The van der Waals surface area contributed by atoms with Gasteiger partial charge in [-0.05, 0) is 81.2 Å². The Morgan fingerprint density at radius 2 is 0.948 bits per heavy atom. The predicted molar refractivity (Wildman–Crippen MR) is 245 cm³/mol. The molecule has 0 saturated carbocycles. The Balaban J connectivity index is 1.21. The highest BCUT2D eigenvalue weighted by molar-refractivity contribution is 6.26. The summed E-state index contributed by atoms with van der Waals surface area (Å²) in [4.78, 5) is 2.55. The van der Waals surface area contributed by atoms with Crippen molar-refractivity contribution in [1.29, 1.82) is 0 Å². The summed E-state index contributed by atoms with van der Waals surface area (Å²) < 4.78 is 5.10. The predicted octanol–water partition coefficient (Wildman–Crippen LogP) is 14.8.